The van der Waals surface area contributed by atoms with Gasteiger partial charge in [-0.25, -0.2) is 0 Å². The minimum atomic E-state index is 1.01. The van der Waals surface area contributed by atoms with Crippen molar-refractivity contribution in [3.63, 3.8) is 0 Å². The first kappa shape index (κ1) is 13.5. The summed E-state index contributed by atoms with van der Waals surface area (Å²) in [6.07, 6.45) is 1.83. The molecule has 0 aliphatic carbocycles. The van der Waals surface area contributed by atoms with E-state index in [9.17, 15) is 0 Å². The number of hydrogen-bond acceptors (Lipinski definition) is 2. The second-order valence-corrected chi connectivity index (χ2v) is 5.39. The zero-order valence-corrected chi connectivity index (χ0v) is 12.6. The molecule has 0 radical (unpaired) electrons. The Morgan fingerprint density at radius 3 is 1.87 bits per heavy atom. The highest BCUT2D eigenvalue weighted by molar-refractivity contribution is 5.86. The molecular formula is C21H16N2. The Hall–Kier alpha value is -3.13. The number of fused-ring (bicyclic) bond motifs is 1. The first-order chi connectivity index (χ1) is 11.4. The van der Waals surface area contributed by atoms with Crippen LogP contribution in [-0.2, 0) is 0 Å². The zero-order valence-electron chi connectivity index (χ0n) is 12.6. The van der Waals surface area contributed by atoms with Crippen molar-refractivity contribution in [1.82, 2.24) is 4.98 Å². The Kier molecular flexibility index (Phi) is 3.49. The third kappa shape index (κ3) is 2.67. The van der Waals surface area contributed by atoms with Crippen molar-refractivity contribution in [2.75, 3.05) is 4.90 Å². The van der Waals surface area contributed by atoms with Gasteiger partial charge in [0.2, 0.25) is 0 Å². The minimum Gasteiger partial charge on any atom is -0.310 e. The summed E-state index contributed by atoms with van der Waals surface area (Å²) in [5, 5.41) is 1.14. The maximum absolute atomic E-state index is 4.41. The Morgan fingerprint density at radius 2 is 1.22 bits per heavy atom. The summed E-state index contributed by atoms with van der Waals surface area (Å²) in [4.78, 5) is 6.67. The van der Waals surface area contributed by atoms with Gasteiger partial charge in [-0.3, -0.25) is 4.98 Å². The van der Waals surface area contributed by atoms with Gasteiger partial charge in [0.25, 0.3) is 0 Å². The maximum Gasteiger partial charge on any atom is 0.0703 e. The van der Waals surface area contributed by atoms with Crippen LogP contribution in [-0.4, -0.2) is 4.98 Å². The molecule has 4 aromatic rings. The first-order valence-electron chi connectivity index (χ1n) is 7.67. The molecule has 0 bridgehead atoms. The Balaban J connectivity index is 1.90. The number of anilines is 3. The van der Waals surface area contributed by atoms with Crippen LogP contribution in [0.1, 0.15) is 0 Å². The summed E-state index contributed by atoms with van der Waals surface area (Å²) in [5.41, 5.74) is 4.42. The number of benzene rings is 3. The van der Waals surface area contributed by atoms with E-state index in [2.05, 4.69) is 82.7 Å². The summed E-state index contributed by atoms with van der Waals surface area (Å²) in [5.74, 6) is 0. The lowest BCUT2D eigenvalue weighted by Gasteiger charge is -2.25. The second kappa shape index (κ2) is 5.93. The number of aromatic nitrogens is 1. The minimum absolute atomic E-state index is 1.01. The lowest BCUT2D eigenvalue weighted by molar-refractivity contribution is 1.28. The quantitative estimate of drug-likeness (QED) is 0.482. The van der Waals surface area contributed by atoms with Gasteiger partial charge in [0.15, 0.2) is 0 Å². The van der Waals surface area contributed by atoms with Crippen molar-refractivity contribution < 1.29 is 0 Å². The molecule has 2 heteroatoms. The predicted octanol–water partition coefficient (Wildman–Crippen LogP) is 5.70. The van der Waals surface area contributed by atoms with Gasteiger partial charge in [0.1, 0.15) is 0 Å². The van der Waals surface area contributed by atoms with E-state index in [1.54, 1.807) is 0 Å². The van der Waals surface area contributed by atoms with E-state index < -0.39 is 0 Å². The van der Waals surface area contributed by atoms with Gasteiger partial charge in [-0.1, -0.05) is 42.5 Å². The predicted molar refractivity (Wildman–Crippen MR) is 96.4 cm³/mol. The van der Waals surface area contributed by atoms with Crippen LogP contribution in [0.4, 0.5) is 17.1 Å². The van der Waals surface area contributed by atoms with Crippen LogP contribution in [0.3, 0.4) is 0 Å². The third-order valence-electron chi connectivity index (χ3n) is 3.87. The van der Waals surface area contributed by atoms with Crippen LogP contribution in [0.2, 0.25) is 0 Å². The fraction of sp³-hybridized carbons (Fsp3) is 0. The van der Waals surface area contributed by atoms with Crippen LogP contribution in [0.25, 0.3) is 10.9 Å². The van der Waals surface area contributed by atoms with Gasteiger partial charge in [0.05, 0.1) is 5.52 Å². The van der Waals surface area contributed by atoms with Crippen LogP contribution in [0, 0.1) is 0 Å². The molecule has 0 unspecified atom stereocenters. The first-order valence-corrected chi connectivity index (χ1v) is 7.67. The molecule has 0 aliphatic heterocycles. The van der Waals surface area contributed by atoms with E-state index in [4.69, 9.17) is 0 Å². The van der Waals surface area contributed by atoms with Crippen molar-refractivity contribution in [2.45, 2.75) is 0 Å². The van der Waals surface area contributed by atoms with Crippen LogP contribution >= 0.6 is 0 Å². The third-order valence-corrected chi connectivity index (χ3v) is 3.87. The van der Waals surface area contributed by atoms with Gasteiger partial charge in [-0.05, 0) is 48.5 Å². The molecule has 4 rings (SSSR count). The normalized spacial score (nSPS) is 10.6. The van der Waals surface area contributed by atoms with E-state index in [-0.39, 0.29) is 0 Å². The molecule has 0 spiro atoms. The zero-order chi connectivity index (χ0) is 15.5. The summed E-state index contributed by atoms with van der Waals surface area (Å²) in [7, 11) is 0. The molecule has 0 fully saturated rings. The van der Waals surface area contributed by atoms with Gasteiger partial charge in [0, 0.05) is 28.6 Å². The van der Waals surface area contributed by atoms with E-state index >= 15 is 0 Å². The highest BCUT2D eigenvalue weighted by Crippen LogP contribution is 2.35. The van der Waals surface area contributed by atoms with E-state index in [0.717, 1.165) is 28.0 Å². The Labute approximate surface area is 135 Å². The Bertz CT molecular complexity index is 878. The molecule has 0 amide bonds. The molecule has 1 heterocycles. The molecule has 3 aromatic carbocycles. The van der Waals surface area contributed by atoms with Crippen molar-refractivity contribution >= 4 is 28.0 Å². The second-order valence-electron chi connectivity index (χ2n) is 5.39. The molecule has 1 aromatic heterocycles. The van der Waals surface area contributed by atoms with Gasteiger partial charge in [-0.15, -0.1) is 0 Å². The molecule has 0 N–H and O–H groups in total. The topological polar surface area (TPSA) is 16.1 Å². The lowest BCUT2D eigenvalue weighted by atomic mass is 10.1. The summed E-state index contributed by atoms with van der Waals surface area (Å²) >= 11 is 0. The molecule has 0 aliphatic rings. The van der Waals surface area contributed by atoms with Crippen LogP contribution < -0.4 is 4.90 Å². The van der Waals surface area contributed by atoms with Crippen LogP contribution in [0.15, 0.2) is 97.2 Å². The Morgan fingerprint density at radius 1 is 0.565 bits per heavy atom. The van der Waals surface area contributed by atoms with E-state index in [0.29, 0.717) is 0 Å². The summed E-state index contributed by atoms with van der Waals surface area (Å²) in [6, 6.07) is 31.3. The molecule has 0 saturated carbocycles. The smallest absolute Gasteiger partial charge is 0.0703 e. The van der Waals surface area contributed by atoms with Crippen molar-refractivity contribution in [3.05, 3.63) is 97.2 Å². The lowest BCUT2D eigenvalue weighted by Crippen LogP contribution is -2.09. The van der Waals surface area contributed by atoms with Crippen LogP contribution in [0.5, 0.6) is 0 Å². The molecule has 23 heavy (non-hydrogen) atoms. The number of para-hydroxylation sites is 2. The monoisotopic (exact) mass is 296 g/mol. The summed E-state index contributed by atoms with van der Waals surface area (Å²) < 4.78 is 0. The molecule has 0 saturated heterocycles. The number of rotatable bonds is 3. The van der Waals surface area contributed by atoms with E-state index in [1.807, 2.05) is 24.4 Å². The largest absolute Gasteiger partial charge is 0.310 e. The molecule has 0 atom stereocenters. The highest BCUT2D eigenvalue weighted by Gasteiger charge is 2.12. The molecular weight excluding hydrogens is 280 g/mol. The maximum atomic E-state index is 4.41. The van der Waals surface area contributed by atoms with Gasteiger partial charge >= 0.3 is 0 Å². The molecule has 2 nitrogen and oxygen atoms in total. The molecule has 110 valence electrons. The number of hydrogen-bond donors (Lipinski definition) is 0. The number of pyridine rings is 1. The van der Waals surface area contributed by atoms with Crippen molar-refractivity contribution in [1.29, 1.82) is 0 Å². The van der Waals surface area contributed by atoms with Gasteiger partial charge < -0.3 is 4.90 Å². The average Bonchev–Trinajstić information content (AvgIpc) is 2.64. The number of nitrogens with zero attached hydrogens (tertiary/aromatic N) is 2. The van der Waals surface area contributed by atoms with E-state index in [1.165, 1.54) is 0 Å². The average molecular weight is 296 g/mol. The summed E-state index contributed by atoms with van der Waals surface area (Å²) in [6.45, 7) is 0. The van der Waals surface area contributed by atoms with Crippen molar-refractivity contribution in [2.24, 2.45) is 0 Å². The van der Waals surface area contributed by atoms with Crippen molar-refractivity contribution in [3.8, 4) is 0 Å². The fourth-order valence-corrected chi connectivity index (χ4v) is 2.80. The SMILES string of the molecule is c1ccc(N(c2ccccc2)c2ccc3ncccc3c2)cc1. The standard InChI is InChI=1S/C21H16N2/c1-3-9-18(10-4-1)23(19-11-5-2-6-12-19)20-13-14-21-17(16-20)8-7-15-22-21/h1-16H. The highest BCUT2D eigenvalue weighted by atomic mass is 15.1. The fourth-order valence-electron chi connectivity index (χ4n) is 2.80. The van der Waals surface area contributed by atoms with Gasteiger partial charge in [-0.2, -0.15) is 0 Å².